The van der Waals surface area contributed by atoms with Gasteiger partial charge in [-0.2, -0.15) is 0 Å². The first kappa shape index (κ1) is 28.1. The molecule has 178 valence electrons. The Labute approximate surface area is 200 Å². The maximum absolute atomic E-state index is 12.1. The number of hydrogen-bond acceptors (Lipinski definition) is 3. The summed E-state index contributed by atoms with van der Waals surface area (Å²) >= 11 is 0. The fraction of sp³-hybridized carbons (Fsp3) is 0.321. The van der Waals surface area contributed by atoms with Crippen molar-refractivity contribution in [1.82, 2.24) is 4.72 Å². The van der Waals surface area contributed by atoms with E-state index in [9.17, 15) is 13.2 Å². The second kappa shape index (κ2) is 18.6. The molecule has 0 aliphatic carbocycles. The van der Waals surface area contributed by atoms with Gasteiger partial charge >= 0.3 is 0 Å². The molecule has 0 aromatic heterocycles. The molecule has 0 aliphatic heterocycles. The second-order valence-electron chi connectivity index (χ2n) is 7.30. The lowest BCUT2D eigenvalue weighted by atomic mass is 10.2. The second-order valence-corrected chi connectivity index (χ2v) is 8.98. The molecule has 0 saturated heterocycles. The van der Waals surface area contributed by atoms with E-state index in [-0.39, 0.29) is 11.3 Å². The zero-order valence-electron chi connectivity index (χ0n) is 19.6. The van der Waals surface area contributed by atoms with Crippen LogP contribution in [0.2, 0.25) is 0 Å². The van der Waals surface area contributed by atoms with E-state index in [1.54, 1.807) is 18.2 Å². The molecule has 0 saturated carbocycles. The zero-order chi connectivity index (χ0) is 24.0. The Morgan fingerprint density at radius 1 is 0.697 bits per heavy atom. The van der Waals surface area contributed by atoms with Crippen LogP contribution in [0.4, 0.5) is 0 Å². The quantitative estimate of drug-likeness (QED) is 0.267. The summed E-state index contributed by atoms with van der Waals surface area (Å²) in [7, 11) is -3.78. The highest BCUT2D eigenvalue weighted by atomic mass is 32.2. The molecule has 1 aromatic rings. The number of allylic oxidation sites excluding steroid dienone is 12. The van der Waals surface area contributed by atoms with Gasteiger partial charge in [0.15, 0.2) is 0 Å². The van der Waals surface area contributed by atoms with Gasteiger partial charge in [0.05, 0.1) is 4.90 Å². The van der Waals surface area contributed by atoms with E-state index in [1.807, 2.05) is 12.2 Å². The van der Waals surface area contributed by atoms with Crippen molar-refractivity contribution in [3.8, 4) is 0 Å². The molecular weight excluding hydrogens is 430 g/mol. The van der Waals surface area contributed by atoms with Crippen LogP contribution in [0.25, 0.3) is 0 Å². The van der Waals surface area contributed by atoms with Crippen LogP contribution in [0.1, 0.15) is 58.3 Å². The molecular formula is C28H37NO3S. The van der Waals surface area contributed by atoms with Crippen molar-refractivity contribution in [3.63, 3.8) is 0 Å². The fourth-order valence-corrected chi connectivity index (χ4v) is 3.75. The van der Waals surface area contributed by atoms with Gasteiger partial charge in [0, 0.05) is 6.42 Å². The van der Waals surface area contributed by atoms with Crippen molar-refractivity contribution in [2.75, 3.05) is 0 Å². The first-order valence-electron chi connectivity index (χ1n) is 11.6. The van der Waals surface area contributed by atoms with Crippen molar-refractivity contribution >= 4 is 15.9 Å². The average Bonchev–Trinajstić information content (AvgIpc) is 2.81. The molecule has 0 aliphatic rings. The summed E-state index contributed by atoms with van der Waals surface area (Å²) < 4.78 is 26.2. The van der Waals surface area contributed by atoms with Crippen LogP contribution < -0.4 is 4.72 Å². The summed E-state index contributed by atoms with van der Waals surface area (Å²) in [6.07, 6.45) is 31.8. The summed E-state index contributed by atoms with van der Waals surface area (Å²) in [6, 6.07) is 7.89. The van der Waals surface area contributed by atoms with E-state index < -0.39 is 15.9 Å². The Kier molecular flexibility index (Phi) is 15.9. The molecule has 1 rings (SSSR count). The molecule has 33 heavy (non-hydrogen) atoms. The SMILES string of the molecule is CC/C=C\C/C=C\C/C=C\C/C=C\C/C=C\C/C=C\CCC(=O)NS(=O)(=O)c1ccccc1. The molecule has 0 unspecified atom stereocenters. The highest BCUT2D eigenvalue weighted by molar-refractivity contribution is 7.90. The Morgan fingerprint density at radius 2 is 1.12 bits per heavy atom. The van der Waals surface area contributed by atoms with Crippen LogP contribution >= 0.6 is 0 Å². The third kappa shape index (κ3) is 15.5. The zero-order valence-corrected chi connectivity index (χ0v) is 20.4. The molecule has 1 aromatic carbocycles. The van der Waals surface area contributed by atoms with Gasteiger partial charge in [-0.25, -0.2) is 13.1 Å². The van der Waals surface area contributed by atoms with Crippen molar-refractivity contribution < 1.29 is 13.2 Å². The number of amides is 1. The first-order chi connectivity index (χ1) is 16.1. The molecule has 1 amide bonds. The van der Waals surface area contributed by atoms with Crippen molar-refractivity contribution in [1.29, 1.82) is 0 Å². The van der Waals surface area contributed by atoms with Gasteiger partial charge < -0.3 is 0 Å². The van der Waals surface area contributed by atoms with Crippen LogP contribution in [0.3, 0.4) is 0 Å². The van der Waals surface area contributed by atoms with E-state index in [0.717, 1.165) is 38.5 Å². The summed E-state index contributed by atoms with van der Waals surface area (Å²) in [5.74, 6) is -0.501. The van der Waals surface area contributed by atoms with Gasteiger partial charge in [0.1, 0.15) is 0 Å². The maximum Gasteiger partial charge on any atom is 0.264 e. The standard InChI is InChI=1S/C28H37NO3S/c1-2-3-4-5-6-7-8-9-10-11-12-13-14-15-16-17-18-19-23-26-28(30)29-33(31,32)27-24-21-20-22-25-27/h3-4,6-7,9-10,12-13,15-16,18-22,24-25H,2,5,8,11,14,17,23,26H2,1H3,(H,29,30)/b4-3-,7-6-,10-9-,13-12-,16-15-,19-18-. The van der Waals surface area contributed by atoms with Gasteiger partial charge in [-0.1, -0.05) is 98.0 Å². The predicted molar refractivity (Wildman–Crippen MR) is 139 cm³/mol. The lowest BCUT2D eigenvalue weighted by Crippen LogP contribution is -2.30. The van der Waals surface area contributed by atoms with E-state index in [1.165, 1.54) is 12.1 Å². The van der Waals surface area contributed by atoms with Crippen LogP contribution in [-0.2, 0) is 14.8 Å². The first-order valence-corrected chi connectivity index (χ1v) is 13.0. The van der Waals surface area contributed by atoms with E-state index in [4.69, 9.17) is 0 Å². The minimum absolute atomic E-state index is 0.0901. The molecule has 0 heterocycles. The maximum atomic E-state index is 12.1. The molecule has 1 N–H and O–H groups in total. The van der Waals surface area contributed by atoms with E-state index >= 15 is 0 Å². The van der Waals surface area contributed by atoms with Crippen LogP contribution in [0.15, 0.2) is 108 Å². The number of hydrogen-bond donors (Lipinski definition) is 1. The third-order valence-electron chi connectivity index (χ3n) is 4.44. The summed E-state index contributed by atoms with van der Waals surface area (Å²) in [4.78, 5) is 11.9. The molecule has 0 spiro atoms. The Balaban J connectivity index is 2.08. The number of rotatable bonds is 16. The largest absolute Gasteiger partial charge is 0.274 e. The Hall–Kier alpha value is -2.92. The van der Waals surface area contributed by atoms with Crippen molar-refractivity contribution in [2.45, 2.75) is 63.2 Å². The fourth-order valence-electron chi connectivity index (χ4n) is 2.71. The normalized spacial score (nSPS) is 13.0. The van der Waals surface area contributed by atoms with Gasteiger partial charge in [0.2, 0.25) is 5.91 Å². The van der Waals surface area contributed by atoms with Gasteiger partial charge in [-0.3, -0.25) is 4.79 Å². The monoisotopic (exact) mass is 467 g/mol. The van der Waals surface area contributed by atoms with Crippen molar-refractivity contribution in [2.24, 2.45) is 0 Å². The summed E-state index contributed by atoms with van der Waals surface area (Å²) in [5, 5.41) is 0. The Bertz CT molecular complexity index is 937. The third-order valence-corrected chi connectivity index (χ3v) is 5.83. The van der Waals surface area contributed by atoms with Crippen LogP contribution in [-0.4, -0.2) is 14.3 Å². The molecule has 0 radical (unpaired) electrons. The molecule has 0 bridgehead atoms. The lowest BCUT2D eigenvalue weighted by Gasteiger charge is -2.05. The molecule has 4 nitrogen and oxygen atoms in total. The minimum atomic E-state index is -3.78. The smallest absolute Gasteiger partial charge is 0.264 e. The topological polar surface area (TPSA) is 63.2 Å². The van der Waals surface area contributed by atoms with Gasteiger partial charge in [-0.05, 0) is 57.1 Å². The number of sulfonamides is 1. The van der Waals surface area contributed by atoms with E-state index in [2.05, 4.69) is 72.4 Å². The summed E-state index contributed by atoms with van der Waals surface area (Å²) in [5.41, 5.74) is 0. The number of benzene rings is 1. The highest BCUT2D eigenvalue weighted by Gasteiger charge is 2.16. The van der Waals surface area contributed by atoms with Crippen molar-refractivity contribution in [3.05, 3.63) is 103 Å². The van der Waals surface area contributed by atoms with Crippen LogP contribution in [0.5, 0.6) is 0 Å². The molecule has 5 heteroatoms. The minimum Gasteiger partial charge on any atom is -0.274 e. The van der Waals surface area contributed by atoms with Gasteiger partial charge in [0.25, 0.3) is 10.0 Å². The van der Waals surface area contributed by atoms with E-state index in [0.29, 0.717) is 6.42 Å². The number of carbonyl (C=O) groups excluding carboxylic acids is 1. The molecule has 0 fully saturated rings. The lowest BCUT2D eigenvalue weighted by molar-refractivity contribution is -0.119. The average molecular weight is 468 g/mol. The predicted octanol–water partition coefficient (Wildman–Crippen LogP) is 6.97. The number of carbonyl (C=O) groups is 1. The Morgan fingerprint density at radius 3 is 1.58 bits per heavy atom. The summed E-state index contributed by atoms with van der Waals surface area (Å²) in [6.45, 7) is 2.14. The van der Waals surface area contributed by atoms with Crippen LogP contribution in [0, 0.1) is 0 Å². The molecule has 0 atom stereocenters. The van der Waals surface area contributed by atoms with Gasteiger partial charge in [-0.15, -0.1) is 0 Å². The highest BCUT2D eigenvalue weighted by Crippen LogP contribution is 2.07. The number of nitrogens with one attached hydrogen (secondary N) is 1.